The fourth-order valence-corrected chi connectivity index (χ4v) is 8.02. The lowest BCUT2D eigenvalue weighted by atomic mass is 10.0. The van der Waals surface area contributed by atoms with Gasteiger partial charge in [0, 0.05) is 12.8 Å². The normalized spacial score (nSPS) is 12.9. The van der Waals surface area contributed by atoms with Crippen molar-refractivity contribution >= 4 is 11.9 Å². The summed E-state index contributed by atoms with van der Waals surface area (Å²) in [4.78, 5) is 24.4. The lowest BCUT2D eigenvalue weighted by Gasteiger charge is -2.20. The van der Waals surface area contributed by atoms with Crippen molar-refractivity contribution in [2.45, 2.75) is 289 Å². The van der Waals surface area contributed by atoms with E-state index in [-0.39, 0.29) is 18.5 Å². The summed E-state index contributed by atoms with van der Waals surface area (Å²) in [7, 11) is 0. The van der Waals surface area contributed by atoms with Crippen LogP contribution in [0.1, 0.15) is 277 Å². The minimum atomic E-state index is -0.853. The molecule has 0 aliphatic carbocycles. The number of esters is 1. The van der Waals surface area contributed by atoms with Gasteiger partial charge in [-0.15, -0.1) is 0 Å². The van der Waals surface area contributed by atoms with Crippen LogP contribution in [0.2, 0.25) is 0 Å². The Kier molecular flexibility index (Phi) is 49.1. The van der Waals surface area contributed by atoms with E-state index in [1.54, 1.807) is 6.08 Å². The van der Waals surface area contributed by atoms with Crippen LogP contribution in [-0.2, 0) is 14.3 Å². The van der Waals surface area contributed by atoms with Crippen molar-refractivity contribution < 1.29 is 24.5 Å². The summed E-state index contributed by atoms with van der Waals surface area (Å²) in [6, 6.07) is -0.638. The highest BCUT2D eigenvalue weighted by Gasteiger charge is 2.18. The second-order valence-corrected chi connectivity index (χ2v) is 18.2. The fourth-order valence-electron chi connectivity index (χ4n) is 8.02. The number of carbonyl (C=O) groups is 2. The third kappa shape index (κ3) is 47.4. The predicted octanol–water partition coefficient (Wildman–Crippen LogP) is 16.1. The Hall–Kier alpha value is -1.92. The summed E-state index contributed by atoms with van der Waals surface area (Å²) in [5.41, 5.74) is 0. The second kappa shape index (κ2) is 50.7. The maximum absolute atomic E-state index is 12.4. The number of allylic oxidation sites excluding steroid dienone is 5. The zero-order chi connectivity index (χ0) is 44.4. The van der Waals surface area contributed by atoms with E-state index in [0.29, 0.717) is 19.4 Å². The summed E-state index contributed by atoms with van der Waals surface area (Å²) in [6.45, 7) is 4.84. The van der Waals surface area contributed by atoms with Crippen molar-refractivity contribution in [2.24, 2.45) is 0 Å². The molecule has 0 aliphatic rings. The average molecular weight is 858 g/mol. The molecule has 0 fully saturated rings. The molecule has 61 heavy (non-hydrogen) atoms. The van der Waals surface area contributed by atoms with E-state index in [1.165, 1.54) is 167 Å². The molecular weight excluding hydrogens is 755 g/mol. The van der Waals surface area contributed by atoms with E-state index in [4.69, 9.17) is 4.74 Å². The van der Waals surface area contributed by atoms with Gasteiger partial charge in [-0.2, -0.15) is 0 Å². The quantitative estimate of drug-likeness (QED) is 0.0322. The standard InChI is InChI=1S/C55H103NO5/c1-3-5-7-9-11-13-15-16-17-19-23-26-29-33-37-41-45-49-55(60)61-50-46-42-38-34-30-27-24-21-18-20-22-25-28-32-36-40-44-48-54(59)56-52(51-57)53(58)47-43-39-35-31-14-12-10-8-6-4-2/h18,21,27,30,43,47,52-53,57-58H,3-17,19-20,22-26,28-29,31-42,44-46,48-51H2,1-2H3,(H,56,59)/b21-18-,30-27-,47-43+. The largest absolute Gasteiger partial charge is 0.466 e. The van der Waals surface area contributed by atoms with Crippen LogP contribution in [0.25, 0.3) is 0 Å². The number of unbranched alkanes of at least 4 members (excludes halogenated alkanes) is 34. The zero-order valence-corrected chi connectivity index (χ0v) is 40.6. The molecule has 1 amide bonds. The summed E-state index contributed by atoms with van der Waals surface area (Å²) in [5, 5.41) is 22.9. The van der Waals surface area contributed by atoms with Crippen molar-refractivity contribution in [1.82, 2.24) is 5.32 Å². The van der Waals surface area contributed by atoms with E-state index >= 15 is 0 Å². The van der Waals surface area contributed by atoms with Crippen molar-refractivity contribution in [2.75, 3.05) is 13.2 Å². The van der Waals surface area contributed by atoms with Crippen molar-refractivity contribution in [3.63, 3.8) is 0 Å². The molecule has 0 heterocycles. The van der Waals surface area contributed by atoms with Crippen LogP contribution in [0.3, 0.4) is 0 Å². The van der Waals surface area contributed by atoms with Gasteiger partial charge in [0.15, 0.2) is 0 Å². The summed E-state index contributed by atoms with van der Waals surface area (Å²) >= 11 is 0. The Labute approximate surface area is 379 Å². The van der Waals surface area contributed by atoms with Gasteiger partial charge in [-0.25, -0.2) is 0 Å². The molecule has 6 nitrogen and oxygen atoms in total. The van der Waals surface area contributed by atoms with Gasteiger partial charge in [-0.05, 0) is 70.6 Å². The Bertz CT molecular complexity index is 993. The lowest BCUT2D eigenvalue weighted by Crippen LogP contribution is -2.45. The van der Waals surface area contributed by atoms with E-state index in [1.807, 2.05) is 6.08 Å². The van der Waals surface area contributed by atoms with Crippen LogP contribution >= 0.6 is 0 Å². The molecule has 2 atom stereocenters. The van der Waals surface area contributed by atoms with Crippen molar-refractivity contribution in [3.05, 3.63) is 36.5 Å². The van der Waals surface area contributed by atoms with Crippen molar-refractivity contribution in [3.8, 4) is 0 Å². The van der Waals surface area contributed by atoms with Crippen LogP contribution in [0.5, 0.6) is 0 Å². The molecule has 0 saturated carbocycles. The second-order valence-electron chi connectivity index (χ2n) is 18.2. The minimum absolute atomic E-state index is 0.0132. The average Bonchev–Trinajstić information content (AvgIpc) is 3.26. The van der Waals surface area contributed by atoms with Crippen LogP contribution < -0.4 is 5.32 Å². The highest BCUT2D eigenvalue weighted by molar-refractivity contribution is 5.76. The molecule has 0 bridgehead atoms. The smallest absolute Gasteiger partial charge is 0.305 e. The summed E-state index contributed by atoms with van der Waals surface area (Å²) in [6.07, 6.45) is 61.6. The monoisotopic (exact) mass is 858 g/mol. The van der Waals surface area contributed by atoms with Gasteiger partial charge in [0.2, 0.25) is 5.91 Å². The van der Waals surface area contributed by atoms with E-state index < -0.39 is 12.1 Å². The Balaban J connectivity index is 3.48. The Morgan fingerprint density at radius 1 is 0.459 bits per heavy atom. The first-order valence-corrected chi connectivity index (χ1v) is 26.8. The van der Waals surface area contributed by atoms with Crippen molar-refractivity contribution in [1.29, 1.82) is 0 Å². The highest BCUT2D eigenvalue weighted by atomic mass is 16.5. The topological polar surface area (TPSA) is 95.9 Å². The SMILES string of the molecule is CCCCCCCCCC/C=C/C(O)C(CO)NC(=O)CCCCCCCCC/C=C\C/C=C\CCCCCOC(=O)CCCCCCCCCCCCCCCCCCC. The Morgan fingerprint density at radius 3 is 1.25 bits per heavy atom. The maximum atomic E-state index is 12.4. The predicted molar refractivity (Wildman–Crippen MR) is 264 cm³/mol. The van der Waals surface area contributed by atoms with Crippen LogP contribution in [-0.4, -0.2) is 47.4 Å². The number of aliphatic hydroxyl groups excluding tert-OH is 2. The molecule has 0 aromatic carbocycles. The van der Waals surface area contributed by atoms with Gasteiger partial charge in [-0.1, -0.05) is 230 Å². The highest BCUT2D eigenvalue weighted by Crippen LogP contribution is 2.16. The number of ether oxygens (including phenoxy) is 1. The first kappa shape index (κ1) is 59.1. The zero-order valence-electron chi connectivity index (χ0n) is 40.6. The Morgan fingerprint density at radius 2 is 0.820 bits per heavy atom. The first-order chi connectivity index (χ1) is 30.0. The van der Waals surface area contributed by atoms with Gasteiger partial charge in [-0.3, -0.25) is 9.59 Å². The van der Waals surface area contributed by atoms with Crippen LogP contribution in [0, 0.1) is 0 Å². The fraction of sp³-hybridized carbons (Fsp3) is 0.855. The number of rotatable bonds is 49. The number of nitrogens with one attached hydrogen (secondary N) is 1. The van der Waals surface area contributed by atoms with E-state index in [0.717, 1.165) is 83.5 Å². The van der Waals surface area contributed by atoms with E-state index in [9.17, 15) is 19.8 Å². The van der Waals surface area contributed by atoms with Gasteiger partial charge < -0.3 is 20.3 Å². The van der Waals surface area contributed by atoms with Crippen LogP contribution in [0.15, 0.2) is 36.5 Å². The molecule has 358 valence electrons. The molecule has 0 rings (SSSR count). The summed E-state index contributed by atoms with van der Waals surface area (Å²) in [5.74, 6) is -0.0998. The number of hydrogen-bond donors (Lipinski definition) is 3. The van der Waals surface area contributed by atoms with Gasteiger partial charge in [0.25, 0.3) is 0 Å². The molecule has 0 spiro atoms. The molecule has 0 aliphatic heterocycles. The number of aliphatic hydroxyl groups is 2. The first-order valence-electron chi connectivity index (χ1n) is 26.8. The summed E-state index contributed by atoms with van der Waals surface area (Å²) < 4.78 is 5.46. The molecule has 6 heteroatoms. The van der Waals surface area contributed by atoms with E-state index in [2.05, 4.69) is 43.5 Å². The number of amides is 1. The minimum Gasteiger partial charge on any atom is -0.466 e. The third-order valence-electron chi connectivity index (χ3n) is 12.2. The number of hydrogen-bond acceptors (Lipinski definition) is 5. The molecule has 0 aromatic rings. The maximum Gasteiger partial charge on any atom is 0.305 e. The molecule has 0 aromatic heterocycles. The van der Waals surface area contributed by atoms with Crippen LogP contribution in [0.4, 0.5) is 0 Å². The molecule has 0 radical (unpaired) electrons. The third-order valence-corrected chi connectivity index (χ3v) is 12.2. The molecule has 2 unspecified atom stereocenters. The molecule has 0 saturated heterocycles. The van der Waals surface area contributed by atoms with Gasteiger partial charge >= 0.3 is 5.97 Å². The lowest BCUT2D eigenvalue weighted by molar-refractivity contribution is -0.143. The molecule has 3 N–H and O–H groups in total. The number of carbonyl (C=O) groups excluding carboxylic acids is 2. The molecular formula is C55H103NO5. The van der Waals surface area contributed by atoms with Gasteiger partial charge in [0.05, 0.1) is 25.4 Å². The van der Waals surface area contributed by atoms with Gasteiger partial charge in [0.1, 0.15) is 0 Å².